The molecule has 3 rings (SSSR count). The zero-order valence-electron chi connectivity index (χ0n) is 15.2. The molecule has 0 spiro atoms. The molecule has 2 heterocycles. The van der Waals surface area contributed by atoms with Crippen molar-refractivity contribution >= 4 is 52.1 Å². The number of hydrazone groups is 2. The highest BCUT2D eigenvalue weighted by molar-refractivity contribution is 6.69. The standard InChI is InChI=1S/C15H18N12O2/c1-2-29-15(28)7-4-3-6(20-22-9-11(16)24-25-12(9)17)5-8(7)21-23-10-13(18)26-27-14(10)19/h3-5,20-21H,2H2,1H3,(H4,16,17,22,24,25)(H4,18,19,23,26,27). The number of esters is 1. The van der Waals surface area contributed by atoms with E-state index in [1.54, 1.807) is 19.1 Å². The first-order chi connectivity index (χ1) is 13.9. The number of rotatable bonds is 6. The van der Waals surface area contributed by atoms with E-state index >= 15 is 0 Å². The van der Waals surface area contributed by atoms with Crippen LogP contribution in [0.2, 0.25) is 0 Å². The first-order valence-corrected chi connectivity index (χ1v) is 8.24. The number of amidine groups is 4. The normalized spacial score (nSPS) is 15.2. The molecule has 10 N–H and O–H groups in total. The van der Waals surface area contributed by atoms with Gasteiger partial charge in [0.25, 0.3) is 0 Å². The quantitative estimate of drug-likeness (QED) is 0.248. The maximum Gasteiger partial charge on any atom is 0.340 e. The second kappa shape index (κ2) is 8.03. The van der Waals surface area contributed by atoms with E-state index in [9.17, 15) is 4.79 Å². The van der Waals surface area contributed by atoms with Crippen LogP contribution in [0, 0.1) is 0 Å². The molecule has 14 nitrogen and oxygen atoms in total. The number of nitrogens with one attached hydrogen (secondary N) is 2. The number of carbonyl (C=O) groups is 1. The predicted molar refractivity (Wildman–Crippen MR) is 111 cm³/mol. The smallest absolute Gasteiger partial charge is 0.340 e. The van der Waals surface area contributed by atoms with Crippen molar-refractivity contribution in [2.45, 2.75) is 6.92 Å². The summed E-state index contributed by atoms with van der Waals surface area (Å²) in [6, 6.07) is 4.69. The third-order valence-corrected chi connectivity index (χ3v) is 3.60. The number of nitrogens with two attached hydrogens (primary N) is 4. The first kappa shape index (κ1) is 19.3. The number of hydrogen-bond acceptors (Lipinski definition) is 14. The van der Waals surface area contributed by atoms with Gasteiger partial charge in [-0.25, -0.2) is 4.79 Å². The van der Waals surface area contributed by atoms with Crippen LogP contribution in [0.5, 0.6) is 0 Å². The van der Waals surface area contributed by atoms with Crippen molar-refractivity contribution in [1.29, 1.82) is 0 Å². The number of nitrogens with zero attached hydrogens (tertiary/aromatic N) is 6. The molecule has 1 aromatic rings. The van der Waals surface area contributed by atoms with Crippen LogP contribution in [0.1, 0.15) is 17.3 Å². The lowest BCUT2D eigenvalue weighted by Crippen LogP contribution is -2.32. The molecule has 1 aromatic carbocycles. The van der Waals surface area contributed by atoms with E-state index in [4.69, 9.17) is 27.7 Å². The largest absolute Gasteiger partial charge is 0.462 e. The van der Waals surface area contributed by atoms with Gasteiger partial charge in [0, 0.05) is 0 Å². The van der Waals surface area contributed by atoms with Crippen molar-refractivity contribution in [1.82, 2.24) is 0 Å². The second-order valence-corrected chi connectivity index (χ2v) is 5.57. The van der Waals surface area contributed by atoms with Crippen LogP contribution in [0.3, 0.4) is 0 Å². The second-order valence-electron chi connectivity index (χ2n) is 5.57. The average molecular weight is 398 g/mol. The maximum atomic E-state index is 12.2. The van der Waals surface area contributed by atoms with Crippen LogP contribution in [0.15, 0.2) is 48.8 Å². The molecule has 0 amide bonds. The number of benzene rings is 1. The Bertz CT molecular complexity index is 994. The first-order valence-electron chi connectivity index (χ1n) is 8.24. The minimum atomic E-state index is -0.550. The molecule has 0 fully saturated rings. The van der Waals surface area contributed by atoms with Gasteiger partial charge in [-0.2, -0.15) is 10.2 Å². The molecule has 14 heteroatoms. The Hall–Kier alpha value is -4.49. The summed E-state index contributed by atoms with van der Waals surface area (Å²) in [6.45, 7) is 1.90. The molecule has 29 heavy (non-hydrogen) atoms. The Labute approximate surface area is 164 Å². The number of carbonyl (C=O) groups excluding carboxylic acids is 1. The van der Waals surface area contributed by atoms with E-state index in [0.717, 1.165) is 0 Å². The summed E-state index contributed by atoms with van der Waals surface area (Å²) >= 11 is 0. The van der Waals surface area contributed by atoms with Crippen LogP contribution in [0.4, 0.5) is 11.4 Å². The van der Waals surface area contributed by atoms with Crippen LogP contribution < -0.4 is 33.8 Å². The van der Waals surface area contributed by atoms with Gasteiger partial charge in [-0.05, 0) is 25.1 Å². The minimum absolute atomic E-state index is 0.0409. The number of hydrogen-bond donors (Lipinski definition) is 6. The highest BCUT2D eigenvalue weighted by Gasteiger charge is 2.19. The summed E-state index contributed by atoms with van der Waals surface area (Å²) in [5, 5.41) is 22.6. The highest BCUT2D eigenvalue weighted by atomic mass is 16.5. The summed E-state index contributed by atoms with van der Waals surface area (Å²) in [7, 11) is 0. The van der Waals surface area contributed by atoms with E-state index < -0.39 is 5.97 Å². The van der Waals surface area contributed by atoms with Gasteiger partial charge in [-0.3, -0.25) is 10.9 Å². The van der Waals surface area contributed by atoms with Gasteiger partial charge in [-0.1, -0.05) is 0 Å². The Morgan fingerprint density at radius 3 is 1.97 bits per heavy atom. The molecule has 0 aliphatic carbocycles. The molecule has 0 unspecified atom stereocenters. The van der Waals surface area contributed by atoms with Crippen molar-refractivity contribution in [2.24, 2.45) is 53.5 Å². The van der Waals surface area contributed by atoms with Gasteiger partial charge < -0.3 is 27.7 Å². The zero-order chi connectivity index (χ0) is 21.0. The Kier molecular flexibility index (Phi) is 5.34. The van der Waals surface area contributed by atoms with Gasteiger partial charge in [0.05, 0.1) is 23.5 Å². The molecule has 0 atom stereocenters. The third-order valence-electron chi connectivity index (χ3n) is 3.60. The monoisotopic (exact) mass is 398 g/mol. The van der Waals surface area contributed by atoms with Crippen molar-refractivity contribution in [3.63, 3.8) is 0 Å². The molecule has 0 saturated heterocycles. The summed E-state index contributed by atoms with van der Waals surface area (Å²) in [5.74, 6) is -0.313. The zero-order valence-corrected chi connectivity index (χ0v) is 15.2. The van der Waals surface area contributed by atoms with E-state index in [1.165, 1.54) is 6.07 Å². The van der Waals surface area contributed by atoms with E-state index in [1.807, 2.05) is 0 Å². The number of anilines is 2. The summed E-state index contributed by atoms with van der Waals surface area (Å²) in [4.78, 5) is 12.2. The lowest BCUT2D eigenvalue weighted by Gasteiger charge is -2.11. The maximum absolute atomic E-state index is 12.2. The SMILES string of the molecule is CCOC(=O)c1ccc(NN=C2C(N)=NN=C2N)cc1NN=C1C(N)=NN=C1N. The summed E-state index contributed by atoms with van der Waals surface area (Å²) < 4.78 is 5.06. The van der Waals surface area contributed by atoms with Crippen LogP contribution in [0.25, 0.3) is 0 Å². The van der Waals surface area contributed by atoms with E-state index in [-0.39, 0.29) is 46.9 Å². The Balaban J connectivity index is 1.89. The predicted octanol–water partition coefficient (Wildman–Crippen LogP) is -1.31. The fourth-order valence-corrected chi connectivity index (χ4v) is 2.23. The van der Waals surface area contributed by atoms with Crippen molar-refractivity contribution in [2.75, 3.05) is 17.5 Å². The Morgan fingerprint density at radius 2 is 1.45 bits per heavy atom. The molecule has 0 saturated carbocycles. The number of ether oxygens (including phenoxy) is 1. The lowest BCUT2D eigenvalue weighted by molar-refractivity contribution is 0.0527. The van der Waals surface area contributed by atoms with Gasteiger partial charge >= 0.3 is 5.97 Å². The van der Waals surface area contributed by atoms with Gasteiger partial charge in [0.2, 0.25) is 0 Å². The van der Waals surface area contributed by atoms with Crippen molar-refractivity contribution < 1.29 is 9.53 Å². The Morgan fingerprint density at radius 1 is 0.931 bits per heavy atom. The van der Waals surface area contributed by atoms with Gasteiger partial charge in [-0.15, -0.1) is 20.4 Å². The van der Waals surface area contributed by atoms with Crippen LogP contribution in [-0.2, 0) is 4.74 Å². The van der Waals surface area contributed by atoms with Gasteiger partial charge in [0.1, 0.15) is 0 Å². The minimum Gasteiger partial charge on any atom is -0.462 e. The molecule has 0 bridgehead atoms. The topological polar surface area (TPSA) is 229 Å². The third kappa shape index (κ3) is 4.10. The molecule has 2 aliphatic heterocycles. The van der Waals surface area contributed by atoms with E-state index in [0.29, 0.717) is 11.4 Å². The van der Waals surface area contributed by atoms with E-state index in [2.05, 4.69) is 41.5 Å². The molecular weight excluding hydrogens is 380 g/mol. The van der Waals surface area contributed by atoms with Gasteiger partial charge in [0.15, 0.2) is 34.8 Å². The fourth-order valence-electron chi connectivity index (χ4n) is 2.23. The van der Waals surface area contributed by atoms with Crippen LogP contribution >= 0.6 is 0 Å². The van der Waals surface area contributed by atoms with Crippen molar-refractivity contribution in [3.05, 3.63) is 23.8 Å². The molecule has 0 aromatic heterocycles. The molecule has 150 valence electrons. The van der Waals surface area contributed by atoms with Crippen LogP contribution in [-0.4, -0.2) is 47.3 Å². The fraction of sp³-hybridized carbons (Fsp3) is 0.133. The molecule has 0 radical (unpaired) electrons. The highest BCUT2D eigenvalue weighted by Crippen LogP contribution is 2.22. The van der Waals surface area contributed by atoms with Crippen molar-refractivity contribution in [3.8, 4) is 0 Å². The summed E-state index contributed by atoms with van der Waals surface area (Å²) in [5.41, 5.74) is 29.5. The summed E-state index contributed by atoms with van der Waals surface area (Å²) in [6.07, 6.45) is 0. The lowest BCUT2D eigenvalue weighted by atomic mass is 10.1. The molecule has 2 aliphatic rings. The molecular formula is C15H18N12O2. The average Bonchev–Trinajstić information content (AvgIpc) is 3.19.